The molecule has 0 aromatic carbocycles. The minimum atomic E-state index is -0.0935. The van der Waals surface area contributed by atoms with Crippen molar-refractivity contribution < 1.29 is 18.7 Å². The molecule has 0 fully saturated rings. The molecule has 5 heteroatoms. The number of carbonyl (C=O) groups is 1. The van der Waals surface area contributed by atoms with Gasteiger partial charge < -0.3 is 13.9 Å². The number of ether oxygens (including phenoxy) is 2. The lowest BCUT2D eigenvalue weighted by atomic mass is 9.76. The second-order valence-electron chi connectivity index (χ2n) is 9.05. The molecule has 5 nitrogen and oxygen atoms in total. The number of esters is 1. The van der Waals surface area contributed by atoms with Gasteiger partial charge in [-0.05, 0) is 45.7 Å². The lowest BCUT2D eigenvalue weighted by molar-refractivity contribution is -0.143. The molecule has 0 N–H and O–H groups in total. The molecule has 0 spiro atoms. The first-order chi connectivity index (χ1) is 15.4. The summed E-state index contributed by atoms with van der Waals surface area (Å²) in [6, 6.07) is 8.76. The molecular weight excluding hydrogens is 402 g/mol. The second-order valence-corrected chi connectivity index (χ2v) is 9.05. The van der Waals surface area contributed by atoms with E-state index in [0.29, 0.717) is 19.6 Å². The molecule has 1 heterocycles. The Bertz CT molecular complexity index is 999. The summed E-state index contributed by atoms with van der Waals surface area (Å²) in [5, 5.41) is 1.16. The van der Waals surface area contributed by atoms with Gasteiger partial charge in [-0.15, -0.1) is 0 Å². The molecule has 2 aliphatic carbocycles. The van der Waals surface area contributed by atoms with E-state index in [2.05, 4.69) is 55.7 Å². The van der Waals surface area contributed by atoms with Crippen molar-refractivity contribution in [3.63, 3.8) is 0 Å². The van der Waals surface area contributed by atoms with Gasteiger partial charge in [-0.2, -0.15) is 0 Å². The van der Waals surface area contributed by atoms with Crippen molar-refractivity contribution >= 4 is 12.0 Å². The van der Waals surface area contributed by atoms with E-state index in [1.807, 2.05) is 13.8 Å². The molecule has 3 rings (SSSR count). The van der Waals surface area contributed by atoms with Crippen LogP contribution >= 0.6 is 0 Å². The predicted molar refractivity (Wildman–Crippen MR) is 128 cm³/mol. The Morgan fingerprint density at radius 1 is 1.09 bits per heavy atom. The summed E-state index contributed by atoms with van der Waals surface area (Å²) in [4.78, 5) is 11.5. The molecule has 0 saturated heterocycles. The van der Waals surface area contributed by atoms with Crippen LogP contribution in [0.5, 0.6) is 0 Å². The number of rotatable bonds is 10. The fourth-order valence-corrected chi connectivity index (χ4v) is 4.42. The highest BCUT2D eigenvalue weighted by molar-refractivity contribution is 5.69. The first-order valence-corrected chi connectivity index (χ1v) is 12.0. The van der Waals surface area contributed by atoms with Crippen LogP contribution in [0.25, 0.3) is 17.4 Å². The van der Waals surface area contributed by atoms with Gasteiger partial charge in [0.1, 0.15) is 30.4 Å². The molecule has 0 radical (unpaired) electrons. The standard InChI is InChI=1S/C27H38NO4/c1-6-28(15-11-9-10-12-26(29)31-8-3)21-14-13-20-16-23-25(32-24(20)17-21)18-22(30-7-2)19-27(23,4)5/h13-14,16-18H,6-12,15,19H2,1-5H3/q+1. The van der Waals surface area contributed by atoms with Gasteiger partial charge in [-0.3, -0.25) is 4.79 Å². The van der Waals surface area contributed by atoms with Crippen molar-refractivity contribution in [3.8, 4) is 11.3 Å². The topological polar surface area (TPSA) is 51.7 Å². The van der Waals surface area contributed by atoms with Gasteiger partial charge in [0, 0.05) is 47.9 Å². The number of hydrogen-bond donors (Lipinski definition) is 0. The Hall–Kier alpha value is -2.56. The molecule has 1 aliphatic heterocycles. The van der Waals surface area contributed by atoms with Crippen LogP contribution in [0.3, 0.4) is 0 Å². The number of hydrogen-bond acceptors (Lipinski definition) is 4. The van der Waals surface area contributed by atoms with Crippen LogP contribution in [0.1, 0.15) is 78.0 Å². The summed E-state index contributed by atoms with van der Waals surface area (Å²) in [6.07, 6.45) is 6.37. The van der Waals surface area contributed by atoms with Crippen LogP contribution in [-0.4, -0.2) is 32.3 Å². The van der Waals surface area contributed by atoms with Gasteiger partial charge in [0.25, 0.3) is 0 Å². The summed E-state index contributed by atoms with van der Waals surface area (Å²) >= 11 is 0. The Morgan fingerprint density at radius 2 is 1.91 bits per heavy atom. The predicted octanol–water partition coefficient (Wildman–Crippen LogP) is 5.36. The third-order valence-corrected chi connectivity index (χ3v) is 6.11. The number of nitrogens with zero attached hydrogens (tertiary/aromatic N) is 1. The van der Waals surface area contributed by atoms with Gasteiger partial charge >= 0.3 is 5.97 Å². The molecule has 0 atom stereocenters. The first kappa shape index (κ1) is 24.1. The van der Waals surface area contributed by atoms with E-state index in [4.69, 9.17) is 13.9 Å². The quantitative estimate of drug-likeness (QED) is 0.284. The zero-order chi connectivity index (χ0) is 23.1. The average Bonchev–Trinajstić information content (AvgIpc) is 2.75. The minimum absolute atomic E-state index is 0.0239. The Labute approximate surface area is 192 Å². The maximum absolute atomic E-state index is 11.5. The lowest BCUT2D eigenvalue weighted by Gasteiger charge is -2.32. The normalized spacial score (nSPS) is 15.7. The van der Waals surface area contributed by atoms with Crippen LogP contribution in [0.15, 0.2) is 34.4 Å². The minimum Gasteiger partial charge on any atom is -0.498 e. The third-order valence-electron chi connectivity index (χ3n) is 6.11. The van der Waals surface area contributed by atoms with E-state index in [9.17, 15) is 4.79 Å². The van der Waals surface area contributed by atoms with Crippen LogP contribution < -0.4 is 9.93 Å². The highest BCUT2D eigenvalue weighted by Crippen LogP contribution is 2.41. The number of allylic oxidation sites excluding steroid dienone is 1. The third kappa shape index (κ3) is 5.81. The summed E-state index contributed by atoms with van der Waals surface area (Å²) < 4.78 is 19.6. The fourth-order valence-electron chi connectivity index (χ4n) is 4.42. The van der Waals surface area contributed by atoms with E-state index in [0.717, 1.165) is 67.0 Å². The SMILES string of the molecule is CCOC(=O)CCCCC[N+](CC)=c1ccc2cc3c(oc-2c1)C=C(OCC)CC3(C)C. The largest absolute Gasteiger partial charge is 0.498 e. The Morgan fingerprint density at radius 3 is 2.62 bits per heavy atom. The highest BCUT2D eigenvalue weighted by Gasteiger charge is 2.32. The van der Waals surface area contributed by atoms with Crippen LogP contribution in [0.4, 0.5) is 0 Å². The van der Waals surface area contributed by atoms with E-state index in [1.165, 1.54) is 5.56 Å². The first-order valence-electron chi connectivity index (χ1n) is 12.0. The molecule has 3 aliphatic rings. The molecule has 32 heavy (non-hydrogen) atoms. The van der Waals surface area contributed by atoms with Crippen LogP contribution in [0.2, 0.25) is 0 Å². The van der Waals surface area contributed by atoms with Gasteiger partial charge in [-0.25, -0.2) is 4.58 Å². The zero-order valence-corrected chi connectivity index (χ0v) is 20.3. The molecule has 174 valence electrons. The Balaban J connectivity index is 1.81. The summed E-state index contributed by atoms with van der Waals surface area (Å²) in [5.74, 6) is 2.69. The number of unbranched alkanes of at least 4 members (excludes halogenated alkanes) is 2. The van der Waals surface area contributed by atoms with Crippen molar-refractivity contribution in [1.29, 1.82) is 0 Å². The molecular formula is C27H38NO4+. The van der Waals surface area contributed by atoms with Crippen LogP contribution in [-0.2, 0) is 19.7 Å². The van der Waals surface area contributed by atoms with Crippen molar-refractivity contribution in [2.75, 3.05) is 26.3 Å². The average molecular weight is 441 g/mol. The molecule has 0 saturated carbocycles. The van der Waals surface area contributed by atoms with Gasteiger partial charge in [0.15, 0.2) is 0 Å². The monoisotopic (exact) mass is 440 g/mol. The summed E-state index contributed by atoms with van der Waals surface area (Å²) in [6.45, 7) is 13.5. The van der Waals surface area contributed by atoms with Gasteiger partial charge in [0.2, 0.25) is 5.36 Å². The molecule has 0 bridgehead atoms. The maximum Gasteiger partial charge on any atom is 0.305 e. The Kier molecular flexibility index (Phi) is 8.16. The van der Waals surface area contributed by atoms with E-state index < -0.39 is 0 Å². The molecule has 0 aromatic heterocycles. The van der Waals surface area contributed by atoms with Gasteiger partial charge in [-0.1, -0.05) is 13.8 Å². The molecule has 0 unspecified atom stereocenters. The summed E-state index contributed by atoms with van der Waals surface area (Å²) in [7, 11) is 0. The maximum atomic E-state index is 11.5. The lowest BCUT2D eigenvalue weighted by Crippen LogP contribution is -2.31. The second kappa shape index (κ2) is 10.8. The zero-order valence-electron chi connectivity index (χ0n) is 20.3. The van der Waals surface area contributed by atoms with Crippen LogP contribution in [0, 0.1) is 0 Å². The molecule has 0 amide bonds. The number of benzene rings is 1. The smallest absolute Gasteiger partial charge is 0.305 e. The summed E-state index contributed by atoms with van der Waals surface area (Å²) in [5.41, 5.74) is 2.33. The van der Waals surface area contributed by atoms with Crippen molar-refractivity contribution in [2.45, 2.75) is 72.1 Å². The van der Waals surface area contributed by atoms with E-state index in [-0.39, 0.29) is 11.4 Å². The van der Waals surface area contributed by atoms with Crippen molar-refractivity contribution in [3.05, 3.63) is 46.7 Å². The van der Waals surface area contributed by atoms with E-state index >= 15 is 0 Å². The van der Waals surface area contributed by atoms with Crippen molar-refractivity contribution in [1.82, 2.24) is 4.58 Å². The van der Waals surface area contributed by atoms with Gasteiger partial charge in [0.05, 0.1) is 19.3 Å². The molecule has 0 aromatic rings. The van der Waals surface area contributed by atoms with E-state index in [1.54, 1.807) is 0 Å². The van der Waals surface area contributed by atoms with Crippen molar-refractivity contribution in [2.24, 2.45) is 0 Å². The fraction of sp³-hybridized carbons (Fsp3) is 0.556. The highest BCUT2D eigenvalue weighted by atomic mass is 16.5. The number of carbonyl (C=O) groups excluding carboxylic acids is 1. The number of fused-ring (bicyclic) bond motifs is 2.